The largest absolute Gasteiger partial charge is 0.310 e. The van der Waals surface area contributed by atoms with Crippen LogP contribution in [0.5, 0.6) is 0 Å². The number of benzene rings is 12. The zero-order valence-electron chi connectivity index (χ0n) is 39.2. The zero-order valence-corrected chi connectivity index (χ0v) is 39.2. The zero-order chi connectivity index (χ0) is 47.3. The van der Waals surface area contributed by atoms with Crippen molar-refractivity contribution >= 4 is 99.3 Å². The molecule has 0 fully saturated rings. The summed E-state index contributed by atoms with van der Waals surface area (Å²) < 4.78 is 4.80. The first-order valence-electron chi connectivity index (χ1n) is 24.7. The summed E-state index contributed by atoms with van der Waals surface area (Å²) in [6, 6.07) is 97.9. The van der Waals surface area contributed by atoms with Crippen LogP contribution in [-0.2, 0) is 0 Å². The second-order valence-corrected chi connectivity index (χ2v) is 18.9. The summed E-state index contributed by atoms with van der Waals surface area (Å²) in [5.41, 5.74) is 18.6. The average molecular weight is 917 g/mol. The molecule has 1 aliphatic heterocycles. The van der Waals surface area contributed by atoms with Crippen LogP contribution in [0.4, 0.5) is 34.1 Å². The number of hydrogen-bond acceptors (Lipinski definition) is 2. The number of rotatable bonds is 7. The summed E-state index contributed by atoms with van der Waals surface area (Å²) in [4.78, 5) is 4.86. The van der Waals surface area contributed by atoms with Crippen molar-refractivity contribution in [3.05, 3.63) is 267 Å². The van der Waals surface area contributed by atoms with Gasteiger partial charge in [0.05, 0.1) is 33.4 Å². The van der Waals surface area contributed by atoms with Crippen LogP contribution in [0.15, 0.2) is 267 Å². The van der Waals surface area contributed by atoms with E-state index in [2.05, 4.69) is 286 Å². The molecule has 0 spiro atoms. The summed E-state index contributed by atoms with van der Waals surface area (Å²) in [6.45, 7) is 0. The molecule has 336 valence electrons. The SMILES string of the molecule is c1ccc(N2c3cc(-c4ccc(N(c5ccc6c(c5)c5ccccc5n6-c5ccccc5)c5ccc6c(c5)c5ccccc5n6-c5ccc6ccccc6c5)cc4)ccc3-c3cccc4cccc2c34)cc1. The third kappa shape index (κ3) is 6.19. The maximum absolute atomic E-state index is 2.43. The molecule has 3 heterocycles. The first-order valence-corrected chi connectivity index (χ1v) is 24.7. The number of nitrogens with zero attached hydrogens (tertiary/aromatic N) is 4. The second-order valence-electron chi connectivity index (χ2n) is 18.9. The first kappa shape index (κ1) is 40.3. The maximum atomic E-state index is 2.43. The molecule has 0 amide bonds. The van der Waals surface area contributed by atoms with Crippen LogP contribution in [0.1, 0.15) is 0 Å². The fourth-order valence-electron chi connectivity index (χ4n) is 11.7. The third-order valence-corrected chi connectivity index (χ3v) is 15.0. The summed E-state index contributed by atoms with van der Waals surface area (Å²) in [5, 5.41) is 9.84. The third-order valence-electron chi connectivity index (χ3n) is 15.0. The van der Waals surface area contributed by atoms with Gasteiger partial charge >= 0.3 is 0 Å². The van der Waals surface area contributed by atoms with Gasteiger partial charge in [0.2, 0.25) is 0 Å². The van der Waals surface area contributed by atoms with E-state index in [9.17, 15) is 0 Å². The van der Waals surface area contributed by atoms with Gasteiger partial charge in [-0.05, 0) is 142 Å². The molecule has 12 aromatic carbocycles. The Balaban J connectivity index is 0.902. The second kappa shape index (κ2) is 16.0. The lowest BCUT2D eigenvalue weighted by molar-refractivity contribution is 1.18. The van der Waals surface area contributed by atoms with E-state index in [0.29, 0.717) is 0 Å². The Morgan fingerprint density at radius 3 is 1.50 bits per heavy atom. The molecule has 0 N–H and O–H groups in total. The topological polar surface area (TPSA) is 16.3 Å². The van der Waals surface area contributed by atoms with Crippen molar-refractivity contribution in [2.24, 2.45) is 0 Å². The van der Waals surface area contributed by atoms with Gasteiger partial charge in [0.25, 0.3) is 0 Å². The Morgan fingerprint density at radius 1 is 0.264 bits per heavy atom. The van der Waals surface area contributed by atoms with Crippen LogP contribution in [-0.4, -0.2) is 9.13 Å². The lowest BCUT2D eigenvalue weighted by Crippen LogP contribution is -2.15. The monoisotopic (exact) mass is 916 g/mol. The van der Waals surface area contributed by atoms with Gasteiger partial charge in [-0.25, -0.2) is 0 Å². The Labute approximate surface area is 416 Å². The minimum Gasteiger partial charge on any atom is -0.310 e. The summed E-state index contributed by atoms with van der Waals surface area (Å²) in [5.74, 6) is 0. The Morgan fingerprint density at radius 2 is 0.806 bits per heavy atom. The molecular formula is C68H44N4. The van der Waals surface area contributed by atoms with Crippen molar-refractivity contribution < 1.29 is 0 Å². The van der Waals surface area contributed by atoms with Crippen molar-refractivity contribution in [2.75, 3.05) is 9.80 Å². The van der Waals surface area contributed by atoms with Crippen LogP contribution in [0, 0.1) is 0 Å². The summed E-state index contributed by atoms with van der Waals surface area (Å²) in [7, 11) is 0. The number of aromatic nitrogens is 2. The smallest absolute Gasteiger partial charge is 0.0546 e. The highest BCUT2D eigenvalue weighted by Crippen LogP contribution is 2.52. The molecule has 0 aliphatic carbocycles. The van der Waals surface area contributed by atoms with Crippen LogP contribution in [0.25, 0.3) is 98.8 Å². The van der Waals surface area contributed by atoms with Gasteiger partial charge in [0, 0.05) is 66.6 Å². The Bertz CT molecular complexity index is 4450. The van der Waals surface area contributed by atoms with E-state index < -0.39 is 0 Å². The number of anilines is 6. The van der Waals surface area contributed by atoms with E-state index in [1.54, 1.807) is 0 Å². The molecule has 0 atom stereocenters. The number of fused-ring (bicyclic) bond motifs is 9. The highest BCUT2D eigenvalue weighted by Gasteiger charge is 2.27. The van der Waals surface area contributed by atoms with Crippen LogP contribution >= 0.6 is 0 Å². The first-order chi connectivity index (χ1) is 35.7. The van der Waals surface area contributed by atoms with Gasteiger partial charge in [0.15, 0.2) is 0 Å². The molecule has 1 aliphatic rings. The highest BCUT2D eigenvalue weighted by atomic mass is 15.2. The van der Waals surface area contributed by atoms with Gasteiger partial charge in [-0.2, -0.15) is 0 Å². The minimum absolute atomic E-state index is 1.08. The van der Waals surface area contributed by atoms with E-state index in [-0.39, 0.29) is 0 Å². The predicted molar refractivity (Wildman–Crippen MR) is 304 cm³/mol. The number of hydrogen-bond donors (Lipinski definition) is 0. The van der Waals surface area contributed by atoms with Crippen molar-refractivity contribution in [1.29, 1.82) is 0 Å². The molecule has 0 saturated heterocycles. The Hall–Kier alpha value is -9.64. The molecule has 4 heteroatoms. The standard InChI is InChI=1S/C68H44N4/c1-3-19-50(20-4-1)70-62-26-11-9-23-56(62)60-43-54(36-39-64(60)70)69(55-37-40-65-61(44-55)57-24-10-12-27-63(57)72(65)53-35-31-45-15-7-8-16-48(45)41-53)52-33-29-46(30-34-52)49-32-38-58-59-25-13-17-47-18-14-28-66(68(47)59)71(67(58)42-49)51-21-5-2-6-22-51/h1-44H. The molecule has 4 nitrogen and oxygen atoms in total. The highest BCUT2D eigenvalue weighted by molar-refractivity contribution is 6.15. The van der Waals surface area contributed by atoms with E-state index in [1.807, 2.05) is 0 Å². The van der Waals surface area contributed by atoms with Gasteiger partial charge in [0.1, 0.15) is 0 Å². The minimum atomic E-state index is 1.08. The molecule has 0 radical (unpaired) electrons. The van der Waals surface area contributed by atoms with E-state index >= 15 is 0 Å². The van der Waals surface area contributed by atoms with E-state index in [0.717, 1.165) is 45.3 Å². The predicted octanol–water partition coefficient (Wildman–Crippen LogP) is 18.8. The summed E-state index contributed by atoms with van der Waals surface area (Å²) >= 11 is 0. The Kier molecular flexibility index (Phi) is 8.92. The molecule has 72 heavy (non-hydrogen) atoms. The van der Waals surface area contributed by atoms with Crippen molar-refractivity contribution in [2.45, 2.75) is 0 Å². The fraction of sp³-hybridized carbons (Fsp3) is 0. The quantitative estimate of drug-likeness (QED) is 0.158. The molecule has 0 unspecified atom stereocenters. The van der Waals surface area contributed by atoms with E-state index in [4.69, 9.17) is 0 Å². The maximum Gasteiger partial charge on any atom is 0.0546 e. The van der Waals surface area contributed by atoms with Crippen LogP contribution in [0.2, 0.25) is 0 Å². The van der Waals surface area contributed by atoms with Crippen molar-refractivity contribution in [3.63, 3.8) is 0 Å². The van der Waals surface area contributed by atoms with Crippen LogP contribution < -0.4 is 9.80 Å². The fourth-order valence-corrected chi connectivity index (χ4v) is 11.7. The van der Waals surface area contributed by atoms with Gasteiger partial charge in [-0.3, -0.25) is 0 Å². The lowest BCUT2D eigenvalue weighted by atomic mass is 9.89. The molecule has 2 aromatic heterocycles. The number of para-hydroxylation sites is 4. The van der Waals surface area contributed by atoms with Crippen LogP contribution in [0.3, 0.4) is 0 Å². The molecule has 14 aromatic rings. The van der Waals surface area contributed by atoms with E-state index in [1.165, 1.54) is 87.7 Å². The normalized spacial score (nSPS) is 12.1. The van der Waals surface area contributed by atoms with Crippen molar-refractivity contribution in [3.8, 4) is 33.6 Å². The molecule has 0 saturated carbocycles. The van der Waals surface area contributed by atoms with Crippen molar-refractivity contribution in [1.82, 2.24) is 9.13 Å². The van der Waals surface area contributed by atoms with Gasteiger partial charge < -0.3 is 18.9 Å². The van der Waals surface area contributed by atoms with Gasteiger partial charge in [-0.1, -0.05) is 158 Å². The summed E-state index contributed by atoms with van der Waals surface area (Å²) in [6.07, 6.45) is 0. The lowest BCUT2D eigenvalue weighted by Gasteiger charge is -2.34. The average Bonchev–Trinajstić information content (AvgIpc) is 3.96. The molecular weight excluding hydrogens is 873 g/mol. The van der Waals surface area contributed by atoms with Gasteiger partial charge in [-0.15, -0.1) is 0 Å². The molecule has 0 bridgehead atoms. The molecule has 15 rings (SSSR count).